The first kappa shape index (κ1) is 31.3. The molecule has 1 rings (SSSR count). The van der Waals surface area contributed by atoms with E-state index in [9.17, 15) is 13.2 Å². The first-order valence-electron chi connectivity index (χ1n) is 11.6. The molecule has 0 fully saturated rings. The lowest BCUT2D eigenvalue weighted by Crippen LogP contribution is -2.51. The lowest BCUT2D eigenvalue weighted by Gasteiger charge is -2.36. The Morgan fingerprint density at radius 1 is 0.971 bits per heavy atom. The van der Waals surface area contributed by atoms with Crippen molar-refractivity contribution in [3.05, 3.63) is 65.4 Å². The van der Waals surface area contributed by atoms with E-state index in [0.29, 0.717) is 6.54 Å². The molecule has 0 atom stereocenters. The summed E-state index contributed by atoms with van der Waals surface area (Å²) in [5.41, 5.74) is 2.08. The lowest BCUT2D eigenvalue weighted by atomic mass is 10.4. The van der Waals surface area contributed by atoms with E-state index in [1.807, 2.05) is 18.0 Å². The van der Waals surface area contributed by atoms with Gasteiger partial charge in [0.25, 0.3) is 0 Å². The molecule has 0 saturated heterocycles. The summed E-state index contributed by atoms with van der Waals surface area (Å²) in [6.07, 6.45) is 6.55. The Bertz CT molecular complexity index is 1010. The van der Waals surface area contributed by atoms with Crippen LogP contribution in [-0.4, -0.2) is 64.7 Å². The van der Waals surface area contributed by atoms with Crippen molar-refractivity contribution in [2.45, 2.75) is 57.6 Å². The van der Waals surface area contributed by atoms with E-state index in [1.54, 1.807) is 31.3 Å². The van der Waals surface area contributed by atoms with Gasteiger partial charge in [0.2, 0.25) is 9.84 Å². The average Bonchev–Trinajstić information content (AvgIpc) is 2.68. The molecular formula is C24H41NO6SSi3. The van der Waals surface area contributed by atoms with Crippen LogP contribution in [0.25, 0.3) is 0 Å². The Morgan fingerprint density at radius 2 is 1.51 bits per heavy atom. The highest BCUT2D eigenvalue weighted by Gasteiger charge is 2.38. The molecule has 0 bridgehead atoms. The number of rotatable bonds is 13. The van der Waals surface area contributed by atoms with Gasteiger partial charge < -0.3 is 17.9 Å². The fourth-order valence-electron chi connectivity index (χ4n) is 3.27. The maximum absolute atomic E-state index is 13.0. The van der Waals surface area contributed by atoms with E-state index in [-0.39, 0.29) is 11.5 Å². The number of carbonyl (C=O) groups is 1. The normalized spacial score (nSPS) is 14.0. The van der Waals surface area contributed by atoms with Crippen LogP contribution in [0, 0.1) is 0 Å². The number of allylic oxidation sites excluding steroid dienone is 2. The fraction of sp³-hybridized carbons (Fsp3) is 0.458. The zero-order chi connectivity index (χ0) is 26.9. The van der Waals surface area contributed by atoms with Gasteiger partial charge in [-0.15, -0.1) is 0 Å². The third kappa shape index (κ3) is 11.7. The van der Waals surface area contributed by atoms with Crippen molar-refractivity contribution in [1.82, 2.24) is 4.90 Å². The van der Waals surface area contributed by atoms with Crippen molar-refractivity contribution in [2.24, 2.45) is 0 Å². The van der Waals surface area contributed by atoms with Crippen LogP contribution in [0.3, 0.4) is 0 Å². The highest BCUT2D eigenvalue weighted by molar-refractivity contribution is 7.96. The van der Waals surface area contributed by atoms with Gasteiger partial charge in [0.1, 0.15) is 0 Å². The Labute approximate surface area is 214 Å². The molecule has 0 aliphatic carbocycles. The summed E-state index contributed by atoms with van der Waals surface area (Å²) in [6.45, 7) is 17.3. The van der Waals surface area contributed by atoms with Gasteiger partial charge in [0.05, 0.1) is 11.5 Å². The molecule has 1 aromatic rings. The highest BCUT2D eigenvalue weighted by Crippen LogP contribution is 2.22. The molecule has 196 valence electrons. The van der Waals surface area contributed by atoms with Crippen LogP contribution in [-0.2, 0) is 27.6 Å². The zero-order valence-corrected chi connectivity index (χ0v) is 26.3. The molecule has 0 radical (unpaired) electrons. The second kappa shape index (κ2) is 13.0. The fourth-order valence-corrected chi connectivity index (χ4v) is 15.9. The first-order valence-corrected chi connectivity index (χ1v) is 22.3. The van der Waals surface area contributed by atoms with Gasteiger partial charge >= 0.3 is 14.5 Å². The van der Waals surface area contributed by atoms with E-state index in [1.165, 1.54) is 24.3 Å². The summed E-state index contributed by atoms with van der Waals surface area (Å²) in [4.78, 5) is 13.9. The molecule has 0 spiro atoms. The largest absolute Gasteiger partial charge is 0.462 e. The van der Waals surface area contributed by atoms with Crippen molar-refractivity contribution in [3.8, 4) is 0 Å². The van der Waals surface area contributed by atoms with Gasteiger partial charge in [-0.1, -0.05) is 24.3 Å². The number of nitrogens with zero attached hydrogens (tertiary/aromatic N) is 1. The van der Waals surface area contributed by atoms with Crippen molar-refractivity contribution in [1.29, 1.82) is 0 Å². The molecule has 0 amide bonds. The van der Waals surface area contributed by atoms with Crippen LogP contribution in [0.15, 0.2) is 70.3 Å². The third-order valence-electron chi connectivity index (χ3n) is 4.24. The number of sulfone groups is 1. The molecule has 0 unspecified atom stereocenters. The molecule has 11 heteroatoms. The van der Waals surface area contributed by atoms with Crippen LogP contribution in [0.4, 0.5) is 0 Å². The van der Waals surface area contributed by atoms with E-state index in [0.717, 1.165) is 0 Å². The minimum absolute atomic E-state index is 0.0398. The van der Waals surface area contributed by atoms with E-state index >= 15 is 0 Å². The molecule has 0 aromatic heterocycles. The molecule has 0 N–H and O–H groups in total. The maximum Gasteiger partial charge on any atom is 0.350 e. The summed E-state index contributed by atoms with van der Waals surface area (Å²) in [6, 6.07) is 7.84. The number of hydrogen-bond donors (Lipinski definition) is 0. The van der Waals surface area contributed by atoms with Crippen molar-refractivity contribution in [2.75, 3.05) is 20.2 Å². The Hall–Kier alpha value is -1.77. The monoisotopic (exact) mass is 555 g/mol. The number of hydrogen-bond acceptors (Lipinski definition) is 7. The van der Waals surface area contributed by atoms with Crippen molar-refractivity contribution in [3.63, 3.8) is 0 Å². The van der Waals surface area contributed by atoms with Crippen molar-refractivity contribution >= 4 is 41.0 Å². The zero-order valence-electron chi connectivity index (χ0n) is 22.5. The Morgan fingerprint density at radius 3 is 2.00 bits per heavy atom. The quantitative estimate of drug-likeness (QED) is 0.143. The van der Waals surface area contributed by atoms with Crippen LogP contribution < -0.4 is 0 Å². The van der Waals surface area contributed by atoms with Gasteiger partial charge in [0, 0.05) is 13.6 Å². The van der Waals surface area contributed by atoms with Gasteiger partial charge in [-0.2, -0.15) is 0 Å². The molecule has 1 aromatic carbocycles. The summed E-state index contributed by atoms with van der Waals surface area (Å²) >= 11 is 0. The predicted octanol–water partition coefficient (Wildman–Crippen LogP) is 5.22. The molecule has 35 heavy (non-hydrogen) atoms. The standard InChI is InChI=1S/C24H41NO6SSi3/c1-10-29-24(26)23(32(27,28)22-16-12-11-13-17-22)18-14-19-25(2)20-15-21-35(9,30-33(3,4)5)31-34(6,7)8/h11-19,21H,10,20H2,1-9H3/b19-14+,21-15+,23-18+. The number of carbonyl (C=O) groups excluding carboxylic acids is 1. The molecule has 0 aliphatic heterocycles. The Balaban J connectivity index is 3.06. The van der Waals surface area contributed by atoms with Crippen LogP contribution in [0.2, 0.25) is 45.8 Å². The SMILES string of the molecule is CCOC(=O)/C(=C\C=C\N(C)C/C=C/[Si](C)(O[Si](C)(C)C)O[Si](C)(C)C)S(=O)(=O)c1ccccc1. The predicted molar refractivity (Wildman–Crippen MR) is 150 cm³/mol. The average molecular weight is 556 g/mol. The van der Waals surface area contributed by atoms with Gasteiger partial charge in [-0.25, -0.2) is 13.2 Å². The smallest absolute Gasteiger partial charge is 0.350 e. The topological polar surface area (TPSA) is 82.1 Å². The van der Waals surface area contributed by atoms with Gasteiger partial charge in [0.15, 0.2) is 21.5 Å². The molecule has 0 heterocycles. The van der Waals surface area contributed by atoms with E-state index in [2.05, 4.69) is 51.5 Å². The van der Waals surface area contributed by atoms with Gasteiger partial charge in [-0.3, -0.25) is 0 Å². The number of likely N-dealkylation sites (N-methyl/N-ethyl adjacent to an activating group) is 1. The highest BCUT2D eigenvalue weighted by atomic mass is 32.2. The lowest BCUT2D eigenvalue weighted by molar-refractivity contribution is -0.137. The maximum atomic E-state index is 13.0. The summed E-state index contributed by atoms with van der Waals surface area (Å²) in [5.74, 6) is -0.877. The number of esters is 1. The van der Waals surface area contributed by atoms with E-state index < -0.39 is 45.9 Å². The summed E-state index contributed by atoms with van der Waals surface area (Å²) < 4.78 is 43.9. The summed E-state index contributed by atoms with van der Waals surface area (Å²) in [7, 11) is -8.22. The minimum Gasteiger partial charge on any atom is -0.462 e. The number of ether oxygens (including phenoxy) is 1. The first-order chi connectivity index (χ1) is 16.0. The van der Waals surface area contributed by atoms with Crippen LogP contribution in [0.1, 0.15) is 6.92 Å². The molecule has 0 saturated carbocycles. The van der Waals surface area contributed by atoms with E-state index in [4.69, 9.17) is 13.0 Å². The van der Waals surface area contributed by atoms with Gasteiger partial charge in [-0.05, 0) is 88.9 Å². The number of benzene rings is 1. The molecule has 0 aliphatic rings. The Kier molecular flexibility index (Phi) is 11.6. The third-order valence-corrected chi connectivity index (χ3v) is 15.0. The van der Waals surface area contributed by atoms with Crippen molar-refractivity contribution < 1.29 is 26.2 Å². The second-order valence-corrected chi connectivity index (χ2v) is 24.6. The minimum atomic E-state index is -4.01. The second-order valence-electron chi connectivity index (χ2n) is 10.2. The molecule has 7 nitrogen and oxygen atoms in total. The molecular weight excluding hydrogens is 515 g/mol. The van der Waals surface area contributed by atoms with Crippen LogP contribution in [0.5, 0.6) is 0 Å². The summed E-state index contributed by atoms with van der Waals surface area (Å²) in [5, 5.41) is 0. The van der Waals surface area contributed by atoms with Crippen LogP contribution >= 0.6 is 0 Å².